The molecule has 148 valence electrons. The molecule has 2 heterocycles. The van der Waals surface area contributed by atoms with Crippen molar-refractivity contribution in [2.24, 2.45) is 0 Å². The van der Waals surface area contributed by atoms with E-state index in [9.17, 15) is 4.79 Å². The summed E-state index contributed by atoms with van der Waals surface area (Å²) in [7, 11) is 3.16. The molecular formula is C21H26N4O3. The summed E-state index contributed by atoms with van der Waals surface area (Å²) in [4.78, 5) is 21.8. The molecule has 0 aliphatic rings. The van der Waals surface area contributed by atoms with E-state index in [1.54, 1.807) is 26.5 Å². The van der Waals surface area contributed by atoms with Gasteiger partial charge < -0.3 is 19.4 Å². The Bertz CT molecular complexity index is 981. The first kappa shape index (κ1) is 19.7. The van der Waals surface area contributed by atoms with Gasteiger partial charge in [-0.25, -0.2) is 9.97 Å². The van der Waals surface area contributed by atoms with Crippen molar-refractivity contribution in [2.45, 2.75) is 39.3 Å². The number of carbonyl (C=O) groups is 1. The Morgan fingerprint density at radius 1 is 1.14 bits per heavy atom. The molecule has 7 heteroatoms. The van der Waals surface area contributed by atoms with E-state index in [-0.39, 0.29) is 24.4 Å². The molecule has 2 aromatic heterocycles. The van der Waals surface area contributed by atoms with Crippen molar-refractivity contribution in [3.05, 3.63) is 47.9 Å². The highest BCUT2D eigenvalue weighted by molar-refractivity contribution is 5.79. The van der Waals surface area contributed by atoms with Crippen LogP contribution in [0.15, 0.2) is 36.5 Å². The quantitative estimate of drug-likeness (QED) is 0.677. The van der Waals surface area contributed by atoms with Crippen LogP contribution in [0.5, 0.6) is 11.5 Å². The monoisotopic (exact) mass is 382 g/mol. The molecule has 0 aliphatic carbocycles. The van der Waals surface area contributed by atoms with E-state index in [0.717, 1.165) is 22.6 Å². The SMILES string of the molecule is COc1ccc(CC(=O)N[C@H](C)c2nc3cccnc3n2C(C)C)cc1OC. The summed E-state index contributed by atoms with van der Waals surface area (Å²) in [6.45, 7) is 6.10. The van der Waals surface area contributed by atoms with Crippen LogP contribution < -0.4 is 14.8 Å². The molecule has 0 unspecified atom stereocenters. The summed E-state index contributed by atoms with van der Waals surface area (Å²) in [5.74, 6) is 1.95. The summed E-state index contributed by atoms with van der Waals surface area (Å²) in [6.07, 6.45) is 2.00. The smallest absolute Gasteiger partial charge is 0.224 e. The fraction of sp³-hybridized carbons (Fsp3) is 0.381. The molecule has 1 atom stereocenters. The van der Waals surface area contributed by atoms with Crippen molar-refractivity contribution < 1.29 is 14.3 Å². The van der Waals surface area contributed by atoms with Gasteiger partial charge in [0.25, 0.3) is 0 Å². The van der Waals surface area contributed by atoms with Gasteiger partial charge in [-0.15, -0.1) is 0 Å². The number of pyridine rings is 1. The van der Waals surface area contributed by atoms with Crippen LogP contribution in [-0.2, 0) is 11.2 Å². The van der Waals surface area contributed by atoms with Gasteiger partial charge in [0.05, 0.1) is 26.7 Å². The first-order valence-electron chi connectivity index (χ1n) is 9.27. The van der Waals surface area contributed by atoms with Crippen molar-refractivity contribution in [2.75, 3.05) is 14.2 Å². The van der Waals surface area contributed by atoms with Crippen LogP contribution in [0.2, 0.25) is 0 Å². The van der Waals surface area contributed by atoms with Gasteiger partial charge >= 0.3 is 0 Å². The Morgan fingerprint density at radius 2 is 1.89 bits per heavy atom. The maximum Gasteiger partial charge on any atom is 0.224 e. The summed E-state index contributed by atoms with van der Waals surface area (Å²) in [6, 6.07) is 9.21. The third-order valence-corrected chi connectivity index (χ3v) is 4.57. The van der Waals surface area contributed by atoms with Gasteiger partial charge in [-0.2, -0.15) is 0 Å². The van der Waals surface area contributed by atoms with Crippen LogP contribution in [0.4, 0.5) is 0 Å². The largest absolute Gasteiger partial charge is 0.493 e. The van der Waals surface area contributed by atoms with E-state index >= 15 is 0 Å². The zero-order valence-corrected chi connectivity index (χ0v) is 16.9. The molecule has 0 fully saturated rings. The molecule has 1 amide bonds. The highest BCUT2D eigenvalue weighted by Gasteiger charge is 2.21. The Balaban J connectivity index is 1.78. The van der Waals surface area contributed by atoms with Gasteiger partial charge in [0, 0.05) is 12.2 Å². The molecule has 1 aromatic carbocycles. The number of ether oxygens (including phenoxy) is 2. The Kier molecular flexibility index (Phi) is 5.82. The number of amides is 1. The molecule has 0 bridgehead atoms. The topological polar surface area (TPSA) is 78.3 Å². The van der Waals surface area contributed by atoms with Crippen molar-refractivity contribution in [3.8, 4) is 11.5 Å². The number of benzene rings is 1. The van der Waals surface area contributed by atoms with Gasteiger partial charge in [-0.3, -0.25) is 4.79 Å². The van der Waals surface area contributed by atoms with E-state index < -0.39 is 0 Å². The number of hydrogen-bond donors (Lipinski definition) is 1. The van der Waals surface area contributed by atoms with Crippen molar-refractivity contribution in [1.29, 1.82) is 0 Å². The second kappa shape index (κ2) is 8.29. The van der Waals surface area contributed by atoms with Crippen molar-refractivity contribution in [3.63, 3.8) is 0 Å². The molecule has 7 nitrogen and oxygen atoms in total. The summed E-state index contributed by atoms with van der Waals surface area (Å²) >= 11 is 0. The zero-order valence-electron chi connectivity index (χ0n) is 16.9. The predicted octanol–water partition coefficient (Wildman–Crippen LogP) is 3.45. The average molecular weight is 382 g/mol. The number of carbonyl (C=O) groups excluding carboxylic acids is 1. The van der Waals surface area contributed by atoms with Gasteiger partial charge in [-0.1, -0.05) is 6.07 Å². The van der Waals surface area contributed by atoms with Crippen molar-refractivity contribution >= 4 is 17.1 Å². The maximum absolute atomic E-state index is 12.6. The lowest BCUT2D eigenvalue weighted by Crippen LogP contribution is -2.30. The number of fused-ring (bicyclic) bond motifs is 1. The van der Waals surface area contributed by atoms with E-state index in [1.165, 1.54) is 0 Å². The van der Waals surface area contributed by atoms with Gasteiger partial charge in [0.15, 0.2) is 17.1 Å². The summed E-state index contributed by atoms with van der Waals surface area (Å²) in [5, 5.41) is 3.04. The molecular weight excluding hydrogens is 356 g/mol. The van der Waals surface area contributed by atoms with Crippen LogP contribution in [0.25, 0.3) is 11.2 Å². The third kappa shape index (κ3) is 3.93. The second-order valence-corrected chi connectivity index (χ2v) is 6.94. The minimum absolute atomic E-state index is 0.0879. The Labute approximate surface area is 164 Å². The summed E-state index contributed by atoms with van der Waals surface area (Å²) < 4.78 is 12.6. The zero-order chi connectivity index (χ0) is 20.3. The van der Waals surface area contributed by atoms with Crippen molar-refractivity contribution in [1.82, 2.24) is 19.9 Å². The first-order chi connectivity index (χ1) is 13.4. The normalized spacial score (nSPS) is 12.2. The standard InChI is InChI=1S/C21H26N4O3/c1-13(2)25-20(24-16-7-6-10-22-21(16)25)14(3)23-19(26)12-15-8-9-17(27-4)18(11-15)28-5/h6-11,13-14H,12H2,1-5H3,(H,23,26)/t14-/m1/s1. The Morgan fingerprint density at radius 3 is 2.57 bits per heavy atom. The third-order valence-electron chi connectivity index (χ3n) is 4.57. The van der Waals surface area contributed by atoms with E-state index in [1.807, 2.05) is 31.2 Å². The number of aromatic nitrogens is 3. The molecule has 0 aliphatic heterocycles. The molecule has 0 radical (unpaired) electrons. The van der Waals surface area contributed by atoms with Crippen LogP contribution in [0, 0.1) is 0 Å². The van der Waals surface area contributed by atoms with E-state index in [4.69, 9.17) is 14.5 Å². The molecule has 0 saturated heterocycles. The number of nitrogens with one attached hydrogen (secondary N) is 1. The number of rotatable bonds is 7. The Hall–Kier alpha value is -3.09. The van der Waals surface area contributed by atoms with Crippen LogP contribution in [0.3, 0.4) is 0 Å². The maximum atomic E-state index is 12.6. The average Bonchev–Trinajstić information content (AvgIpc) is 3.07. The molecule has 3 aromatic rings. The highest BCUT2D eigenvalue weighted by Crippen LogP contribution is 2.28. The first-order valence-corrected chi connectivity index (χ1v) is 9.27. The predicted molar refractivity (Wildman–Crippen MR) is 108 cm³/mol. The molecule has 28 heavy (non-hydrogen) atoms. The van der Waals surface area contributed by atoms with Gasteiger partial charge in [0.2, 0.25) is 5.91 Å². The molecule has 0 spiro atoms. The minimum atomic E-state index is -0.246. The van der Waals surface area contributed by atoms with Gasteiger partial charge in [-0.05, 0) is 50.6 Å². The number of methoxy groups -OCH3 is 2. The number of nitrogens with zero attached hydrogens (tertiary/aromatic N) is 3. The van der Waals surface area contributed by atoms with Gasteiger partial charge in [0.1, 0.15) is 11.3 Å². The number of imidazole rings is 1. The highest BCUT2D eigenvalue weighted by atomic mass is 16.5. The second-order valence-electron chi connectivity index (χ2n) is 6.94. The van der Waals surface area contributed by atoms with E-state index in [2.05, 4.69) is 28.7 Å². The van der Waals surface area contributed by atoms with Crippen LogP contribution >= 0.6 is 0 Å². The summed E-state index contributed by atoms with van der Waals surface area (Å²) in [5.41, 5.74) is 2.50. The number of hydrogen-bond acceptors (Lipinski definition) is 5. The fourth-order valence-corrected chi connectivity index (χ4v) is 3.29. The molecule has 3 rings (SSSR count). The molecule has 1 N–H and O–H groups in total. The lowest BCUT2D eigenvalue weighted by molar-refractivity contribution is -0.121. The minimum Gasteiger partial charge on any atom is -0.493 e. The molecule has 0 saturated carbocycles. The van der Waals surface area contributed by atoms with E-state index in [0.29, 0.717) is 11.5 Å². The lowest BCUT2D eigenvalue weighted by Gasteiger charge is -2.18. The lowest BCUT2D eigenvalue weighted by atomic mass is 10.1. The van der Waals surface area contributed by atoms with Crippen LogP contribution in [-0.4, -0.2) is 34.7 Å². The fourth-order valence-electron chi connectivity index (χ4n) is 3.29. The van der Waals surface area contributed by atoms with Crippen LogP contribution in [0.1, 0.15) is 44.2 Å².